The highest BCUT2D eigenvalue weighted by Crippen LogP contribution is 2.33. The highest BCUT2D eigenvalue weighted by Gasteiger charge is 2.27. The lowest BCUT2D eigenvalue weighted by Crippen LogP contribution is -2.48. The van der Waals surface area contributed by atoms with E-state index < -0.39 is 0 Å². The van der Waals surface area contributed by atoms with Crippen LogP contribution in [-0.2, 0) is 0 Å². The molecular formula is C16H25N3. The molecule has 1 aromatic carbocycles. The Morgan fingerprint density at radius 3 is 2.63 bits per heavy atom. The van der Waals surface area contributed by atoms with Gasteiger partial charge < -0.3 is 15.1 Å². The monoisotopic (exact) mass is 259 g/mol. The zero-order chi connectivity index (χ0) is 13.2. The second-order valence-corrected chi connectivity index (χ2v) is 5.85. The Morgan fingerprint density at radius 1 is 1.21 bits per heavy atom. The van der Waals surface area contributed by atoms with Gasteiger partial charge in [-0.2, -0.15) is 0 Å². The molecule has 0 radical (unpaired) electrons. The molecule has 1 unspecified atom stereocenters. The zero-order valence-electron chi connectivity index (χ0n) is 12.1. The molecule has 1 heterocycles. The van der Waals surface area contributed by atoms with Gasteiger partial charge in [-0.1, -0.05) is 19.1 Å². The molecule has 2 aliphatic rings. The number of para-hydroxylation sites is 2. The maximum atomic E-state index is 3.69. The summed E-state index contributed by atoms with van der Waals surface area (Å²) in [5.41, 5.74) is 2.78. The van der Waals surface area contributed by atoms with E-state index in [1.54, 1.807) is 0 Å². The topological polar surface area (TPSA) is 18.5 Å². The van der Waals surface area contributed by atoms with E-state index in [9.17, 15) is 0 Å². The minimum Gasteiger partial charge on any atom is -0.371 e. The number of hydrogen-bond donors (Lipinski definition) is 1. The molecule has 1 N–H and O–H groups in total. The Bertz CT molecular complexity index is 428. The van der Waals surface area contributed by atoms with Gasteiger partial charge >= 0.3 is 0 Å². The van der Waals surface area contributed by atoms with Crippen LogP contribution in [0, 0.1) is 0 Å². The Kier molecular flexibility index (Phi) is 3.65. The molecule has 0 saturated heterocycles. The lowest BCUT2D eigenvalue weighted by Gasteiger charge is -2.41. The summed E-state index contributed by atoms with van der Waals surface area (Å²) >= 11 is 0. The summed E-state index contributed by atoms with van der Waals surface area (Å²) in [5, 5.41) is 3.69. The lowest BCUT2D eigenvalue weighted by atomic mass is 10.1. The first-order valence-electron chi connectivity index (χ1n) is 7.59. The van der Waals surface area contributed by atoms with Gasteiger partial charge in [-0.15, -0.1) is 0 Å². The predicted molar refractivity (Wildman–Crippen MR) is 82.2 cm³/mol. The third-order valence-corrected chi connectivity index (χ3v) is 4.41. The van der Waals surface area contributed by atoms with Crippen LogP contribution < -0.4 is 15.1 Å². The molecule has 1 fully saturated rings. The minimum absolute atomic E-state index is 0.621. The summed E-state index contributed by atoms with van der Waals surface area (Å²) in [4.78, 5) is 4.97. The number of rotatable bonds is 5. The fourth-order valence-corrected chi connectivity index (χ4v) is 2.97. The number of hydrogen-bond acceptors (Lipinski definition) is 3. The molecule has 1 saturated carbocycles. The van der Waals surface area contributed by atoms with Gasteiger partial charge in [0.15, 0.2) is 0 Å². The molecule has 0 aromatic heterocycles. The summed E-state index contributed by atoms with van der Waals surface area (Å²) in [6, 6.07) is 10.2. The normalized spacial score (nSPS) is 20.3. The van der Waals surface area contributed by atoms with Crippen LogP contribution in [0.1, 0.15) is 26.2 Å². The minimum atomic E-state index is 0.621. The zero-order valence-corrected chi connectivity index (χ0v) is 12.1. The highest BCUT2D eigenvalue weighted by atomic mass is 15.3. The lowest BCUT2D eigenvalue weighted by molar-refractivity contribution is 0.511. The van der Waals surface area contributed by atoms with Crippen molar-refractivity contribution in [2.24, 2.45) is 0 Å². The predicted octanol–water partition coefficient (Wildman–Crippen LogP) is 2.47. The van der Waals surface area contributed by atoms with E-state index in [2.05, 4.69) is 53.4 Å². The first-order valence-corrected chi connectivity index (χ1v) is 7.59. The van der Waals surface area contributed by atoms with E-state index in [0.717, 1.165) is 25.7 Å². The average Bonchev–Trinajstić information content (AvgIpc) is 3.26. The number of anilines is 2. The van der Waals surface area contributed by atoms with Crippen LogP contribution in [0.5, 0.6) is 0 Å². The average molecular weight is 259 g/mol. The molecule has 1 atom stereocenters. The first-order chi connectivity index (χ1) is 9.29. The molecule has 0 spiro atoms. The fourth-order valence-electron chi connectivity index (χ4n) is 2.97. The third-order valence-electron chi connectivity index (χ3n) is 4.41. The van der Waals surface area contributed by atoms with Crippen molar-refractivity contribution in [3.8, 4) is 0 Å². The second kappa shape index (κ2) is 5.41. The van der Waals surface area contributed by atoms with Gasteiger partial charge in [-0.3, -0.25) is 0 Å². The maximum Gasteiger partial charge on any atom is 0.0607 e. The van der Waals surface area contributed by atoms with Crippen molar-refractivity contribution in [3.63, 3.8) is 0 Å². The summed E-state index contributed by atoms with van der Waals surface area (Å²) in [6.07, 6.45) is 3.95. The van der Waals surface area contributed by atoms with Crippen LogP contribution >= 0.6 is 0 Å². The van der Waals surface area contributed by atoms with Gasteiger partial charge in [0, 0.05) is 38.8 Å². The number of fused-ring (bicyclic) bond motifs is 1. The SMILES string of the molecule is CCC(CNC1CC1)N1CCN(C)c2ccccc21. The first kappa shape index (κ1) is 12.8. The van der Waals surface area contributed by atoms with E-state index in [0.29, 0.717) is 6.04 Å². The van der Waals surface area contributed by atoms with Gasteiger partial charge in [0.25, 0.3) is 0 Å². The Hall–Kier alpha value is -1.22. The number of nitrogens with one attached hydrogen (secondary N) is 1. The Morgan fingerprint density at radius 2 is 1.95 bits per heavy atom. The molecule has 3 nitrogen and oxygen atoms in total. The van der Waals surface area contributed by atoms with E-state index in [1.807, 2.05) is 0 Å². The van der Waals surface area contributed by atoms with Gasteiger partial charge in [-0.25, -0.2) is 0 Å². The van der Waals surface area contributed by atoms with Crippen LogP contribution in [0.25, 0.3) is 0 Å². The Labute approximate surface area is 116 Å². The van der Waals surface area contributed by atoms with Crippen molar-refractivity contribution in [3.05, 3.63) is 24.3 Å². The van der Waals surface area contributed by atoms with Gasteiger partial charge in [0.2, 0.25) is 0 Å². The maximum absolute atomic E-state index is 3.69. The standard InChI is InChI=1S/C16H25N3/c1-3-14(12-17-13-8-9-13)19-11-10-18(2)15-6-4-5-7-16(15)19/h4-7,13-14,17H,3,8-12H2,1-2H3. The molecule has 1 aromatic rings. The molecule has 1 aliphatic heterocycles. The molecule has 3 rings (SSSR count). The summed E-state index contributed by atoms with van der Waals surface area (Å²) < 4.78 is 0. The molecule has 19 heavy (non-hydrogen) atoms. The van der Waals surface area contributed by atoms with Crippen LogP contribution in [0.15, 0.2) is 24.3 Å². The Balaban J connectivity index is 1.77. The summed E-state index contributed by atoms with van der Waals surface area (Å²) in [7, 11) is 2.19. The number of nitrogens with zero attached hydrogens (tertiary/aromatic N) is 2. The smallest absolute Gasteiger partial charge is 0.0607 e. The molecule has 0 amide bonds. The molecule has 104 valence electrons. The summed E-state index contributed by atoms with van der Waals surface area (Å²) in [6.45, 7) is 5.69. The number of likely N-dealkylation sites (N-methyl/N-ethyl adjacent to an activating group) is 1. The molecular weight excluding hydrogens is 234 g/mol. The van der Waals surface area contributed by atoms with E-state index in [-0.39, 0.29) is 0 Å². The molecule has 0 bridgehead atoms. The van der Waals surface area contributed by atoms with Crippen molar-refractivity contribution in [2.75, 3.05) is 36.5 Å². The van der Waals surface area contributed by atoms with E-state index in [1.165, 1.54) is 30.6 Å². The largest absolute Gasteiger partial charge is 0.371 e. The summed E-state index contributed by atoms with van der Waals surface area (Å²) in [5.74, 6) is 0. The quantitative estimate of drug-likeness (QED) is 0.876. The molecule has 3 heteroatoms. The van der Waals surface area contributed by atoms with Crippen molar-refractivity contribution >= 4 is 11.4 Å². The fraction of sp³-hybridized carbons (Fsp3) is 0.625. The van der Waals surface area contributed by atoms with Crippen molar-refractivity contribution in [2.45, 2.75) is 38.3 Å². The number of benzene rings is 1. The van der Waals surface area contributed by atoms with E-state index in [4.69, 9.17) is 0 Å². The van der Waals surface area contributed by atoms with Crippen LogP contribution in [0.4, 0.5) is 11.4 Å². The van der Waals surface area contributed by atoms with Crippen molar-refractivity contribution < 1.29 is 0 Å². The highest BCUT2D eigenvalue weighted by molar-refractivity contribution is 5.73. The van der Waals surface area contributed by atoms with Gasteiger partial charge in [0.1, 0.15) is 0 Å². The van der Waals surface area contributed by atoms with Crippen LogP contribution in [0.2, 0.25) is 0 Å². The third kappa shape index (κ3) is 2.71. The van der Waals surface area contributed by atoms with Crippen molar-refractivity contribution in [1.29, 1.82) is 0 Å². The van der Waals surface area contributed by atoms with Gasteiger partial charge in [-0.05, 0) is 31.4 Å². The van der Waals surface area contributed by atoms with Gasteiger partial charge in [0.05, 0.1) is 11.4 Å². The van der Waals surface area contributed by atoms with Crippen molar-refractivity contribution in [1.82, 2.24) is 5.32 Å². The van der Waals surface area contributed by atoms with E-state index >= 15 is 0 Å². The van der Waals surface area contributed by atoms with Crippen LogP contribution in [-0.4, -0.2) is 38.8 Å². The second-order valence-electron chi connectivity index (χ2n) is 5.85. The molecule has 1 aliphatic carbocycles. The van der Waals surface area contributed by atoms with Crippen LogP contribution in [0.3, 0.4) is 0 Å².